The normalized spacial score (nSPS) is 45.4. The molecule has 1 aromatic heterocycles. The molecule has 0 radical (unpaired) electrons. The van der Waals surface area contributed by atoms with Crippen LogP contribution in [0.1, 0.15) is 105 Å². The smallest absolute Gasteiger partial charge is 0.312 e. The number of ketones is 1. The average Bonchev–Trinajstić information content (AvgIpc) is 3.28. The maximum Gasteiger partial charge on any atom is 0.312 e. The fraction of sp³-hybridized carbons (Fsp3) is 0.781. The van der Waals surface area contributed by atoms with Gasteiger partial charge in [0.2, 0.25) is 0 Å². The van der Waals surface area contributed by atoms with Crippen molar-refractivity contribution in [1.82, 2.24) is 5.16 Å². The highest BCUT2D eigenvalue weighted by Crippen LogP contribution is 2.74. The van der Waals surface area contributed by atoms with Crippen LogP contribution in [0.3, 0.4) is 0 Å². The lowest BCUT2D eigenvalue weighted by molar-refractivity contribution is -0.191. The summed E-state index contributed by atoms with van der Waals surface area (Å²) >= 11 is 0. The zero-order valence-electron chi connectivity index (χ0n) is 24.1. The molecule has 0 aliphatic heterocycles. The van der Waals surface area contributed by atoms with Gasteiger partial charge < -0.3 is 9.26 Å². The highest BCUT2D eigenvalue weighted by molar-refractivity contribution is 5.96. The van der Waals surface area contributed by atoms with Crippen LogP contribution in [0.15, 0.2) is 22.4 Å². The standard InChI is InChI=1S/C32H45NO4/c1-27(2)11-13-32(26(35)36-8)14-12-31(7)24(20(32)17-27)21(34)15-23-29(5)16-19-18-33-37-25(19)28(3,4)22(29)9-10-30(23,31)6/h15,18,20,22,24H,9-14,16-17H2,1-8H3. The Morgan fingerprint density at radius 3 is 2.43 bits per heavy atom. The van der Waals surface area contributed by atoms with Crippen molar-refractivity contribution in [3.05, 3.63) is 29.2 Å². The SMILES string of the molecule is COC(=O)C12CCC(C)(C)CC1C1C(=O)C=C3C4(C)Cc5cnoc5C(C)(C)C4CCC3(C)C1(C)CC2. The molecular weight excluding hydrogens is 462 g/mol. The maximum atomic E-state index is 14.5. The molecule has 7 unspecified atom stereocenters. The second-order valence-electron chi connectivity index (χ2n) is 15.4. The molecule has 0 saturated heterocycles. The van der Waals surface area contributed by atoms with Crippen LogP contribution in [-0.2, 0) is 26.2 Å². The zero-order valence-corrected chi connectivity index (χ0v) is 24.1. The summed E-state index contributed by atoms with van der Waals surface area (Å²) in [5.74, 6) is 1.46. The predicted octanol–water partition coefficient (Wildman–Crippen LogP) is 6.84. The molecule has 5 nitrogen and oxygen atoms in total. The van der Waals surface area contributed by atoms with Gasteiger partial charge in [-0.25, -0.2) is 0 Å². The second kappa shape index (κ2) is 7.39. The van der Waals surface area contributed by atoms with Gasteiger partial charge in [-0.3, -0.25) is 9.59 Å². The van der Waals surface area contributed by atoms with Crippen molar-refractivity contribution >= 4 is 11.8 Å². The van der Waals surface area contributed by atoms with E-state index in [2.05, 4.69) is 59.7 Å². The number of esters is 1. The number of ether oxygens (including phenoxy) is 1. The van der Waals surface area contributed by atoms with Crippen molar-refractivity contribution in [1.29, 1.82) is 0 Å². The Kier molecular flexibility index (Phi) is 5.06. The van der Waals surface area contributed by atoms with Gasteiger partial charge in [0.05, 0.1) is 18.7 Å². The third-order valence-electron chi connectivity index (χ3n) is 12.9. The first-order chi connectivity index (χ1) is 17.2. The van der Waals surface area contributed by atoms with E-state index in [9.17, 15) is 9.59 Å². The van der Waals surface area contributed by atoms with E-state index in [0.29, 0.717) is 5.92 Å². The number of hydrogen-bond donors (Lipinski definition) is 0. The van der Waals surface area contributed by atoms with Gasteiger partial charge in [-0.15, -0.1) is 0 Å². The summed E-state index contributed by atoms with van der Waals surface area (Å²) < 4.78 is 11.2. The van der Waals surface area contributed by atoms with Gasteiger partial charge in [0.1, 0.15) is 5.76 Å². The lowest BCUT2D eigenvalue weighted by Crippen LogP contribution is -2.66. The average molecular weight is 508 g/mol. The molecule has 1 aromatic rings. The fourth-order valence-corrected chi connectivity index (χ4v) is 10.9. The van der Waals surface area contributed by atoms with E-state index in [1.165, 1.54) is 18.2 Å². The number of carbonyl (C=O) groups is 2. The van der Waals surface area contributed by atoms with Crippen molar-refractivity contribution in [2.24, 2.45) is 44.8 Å². The first-order valence-corrected chi connectivity index (χ1v) is 14.5. The number of methoxy groups -OCH3 is 1. The van der Waals surface area contributed by atoms with E-state index in [-0.39, 0.29) is 50.7 Å². The number of rotatable bonds is 1. The molecule has 1 heterocycles. The van der Waals surface area contributed by atoms with Crippen LogP contribution in [0.2, 0.25) is 0 Å². The molecule has 0 amide bonds. The van der Waals surface area contributed by atoms with Gasteiger partial charge in [0.25, 0.3) is 0 Å². The molecule has 5 aliphatic carbocycles. The van der Waals surface area contributed by atoms with Gasteiger partial charge in [-0.2, -0.15) is 0 Å². The predicted molar refractivity (Wildman–Crippen MR) is 142 cm³/mol. The van der Waals surface area contributed by atoms with Crippen molar-refractivity contribution in [3.8, 4) is 0 Å². The number of carbonyl (C=O) groups excluding carboxylic acids is 2. The Morgan fingerprint density at radius 1 is 1.03 bits per heavy atom. The summed E-state index contributed by atoms with van der Waals surface area (Å²) in [7, 11) is 1.52. The van der Waals surface area contributed by atoms with E-state index in [1.54, 1.807) is 0 Å². The van der Waals surface area contributed by atoms with Crippen molar-refractivity contribution in [2.75, 3.05) is 7.11 Å². The fourth-order valence-electron chi connectivity index (χ4n) is 10.9. The summed E-state index contributed by atoms with van der Waals surface area (Å²) in [4.78, 5) is 27.9. The molecule has 37 heavy (non-hydrogen) atoms. The first-order valence-electron chi connectivity index (χ1n) is 14.5. The number of nitrogens with zero attached hydrogens (tertiary/aromatic N) is 1. The molecule has 5 heteroatoms. The van der Waals surface area contributed by atoms with E-state index < -0.39 is 5.41 Å². The van der Waals surface area contributed by atoms with Gasteiger partial charge in [-0.05, 0) is 90.9 Å². The van der Waals surface area contributed by atoms with E-state index >= 15 is 0 Å². The van der Waals surface area contributed by atoms with Crippen LogP contribution in [0.25, 0.3) is 0 Å². The molecule has 7 atom stereocenters. The third-order valence-corrected chi connectivity index (χ3v) is 12.9. The summed E-state index contributed by atoms with van der Waals surface area (Å²) in [6.07, 6.45) is 11.5. The first kappa shape index (κ1) is 25.4. The highest BCUT2D eigenvalue weighted by Gasteiger charge is 2.71. The van der Waals surface area contributed by atoms with Crippen LogP contribution >= 0.6 is 0 Å². The summed E-state index contributed by atoms with van der Waals surface area (Å²) in [6.45, 7) is 16.5. The van der Waals surface area contributed by atoms with Crippen molar-refractivity contribution < 1.29 is 18.8 Å². The Balaban J connectivity index is 1.51. The molecule has 0 spiro atoms. The van der Waals surface area contributed by atoms with E-state index in [0.717, 1.165) is 57.1 Å². The molecule has 0 N–H and O–H groups in total. The Morgan fingerprint density at radius 2 is 1.73 bits per heavy atom. The Bertz CT molecular complexity index is 1210. The van der Waals surface area contributed by atoms with Crippen LogP contribution in [0, 0.1) is 44.8 Å². The summed E-state index contributed by atoms with van der Waals surface area (Å²) in [5.41, 5.74) is 1.59. The van der Waals surface area contributed by atoms with E-state index in [1.807, 2.05) is 6.20 Å². The van der Waals surface area contributed by atoms with E-state index in [4.69, 9.17) is 9.26 Å². The lowest BCUT2D eigenvalue weighted by atomic mass is 9.34. The number of hydrogen-bond acceptors (Lipinski definition) is 5. The minimum atomic E-state index is -0.531. The zero-order chi connectivity index (χ0) is 26.8. The summed E-state index contributed by atoms with van der Waals surface area (Å²) in [6, 6.07) is 0. The maximum absolute atomic E-state index is 14.5. The molecular formula is C32H45NO4. The number of aromatic nitrogens is 1. The molecule has 3 fully saturated rings. The molecule has 3 saturated carbocycles. The van der Waals surface area contributed by atoms with Crippen LogP contribution in [-0.4, -0.2) is 24.0 Å². The van der Waals surface area contributed by atoms with Gasteiger partial charge in [0, 0.05) is 16.9 Å². The molecule has 0 bridgehead atoms. The molecule has 5 aliphatic rings. The quantitative estimate of drug-likeness (QED) is 0.389. The van der Waals surface area contributed by atoms with Gasteiger partial charge >= 0.3 is 5.97 Å². The van der Waals surface area contributed by atoms with Crippen molar-refractivity contribution in [2.45, 2.75) is 105 Å². The Hall–Kier alpha value is -1.91. The topological polar surface area (TPSA) is 69.4 Å². The van der Waals surface area contributed by atoms with Crippen LogP contribution in [0.4, 0.5) is 0 Å². The van der Waals surface area contributed by atoms with Gasteiger partial charge in [0.15, 0.2) is 5.78 Å². The number of allylic oxidation sites excluding steroid dienone is 2. The molecule has 202 valence electrons. The monoisotopic (exact) mass is 507 g/mol. The largest absolute Gasteiger partial charge is 0.469 e. The third kappa shape index (κ3) is 2.95. The second-order valence-corrected chi connectivity index (χ2v) is 15.4. The summed E-state index contributed by atoms with van der Waals surface area (Å²) in [5, 5.41) is 4.19. The molecule has 0 aromatic carbocycles. The van der Waals surface area contributed by atoms with Gasteiger partial charge in [-0.1, -0.05) is 59.2 Å². The minimum absolute atomic E-state index is 0.0302. The Labute approximate surface area is 222 Å². The minimum Gasteiger partial charge on any atom is -0.469 e. The van der Waals surface area contributed by atoms with Crippen LogP contribution in [0.5, 0.6) is 0 Å². The lowest BCUT2D eigenvalue weighted by Gasteiger charge is -2.69. The number of fused-ring (bicyclic) bond motifs is 8. The molecule has 6 rings (SSSR count). The highest BCUT2D eigenvalue weighted by atomic mass is 16.5. The van der Waals surface area contributed by atoms with Crippen molar-refractivity contribution in [3.63, 3.8) is 0 Å². The van der Waals surface area contributed by atoms with Crippen LogP contribution < -0.4 is 0 Å².